The second-order valence-electron chi connectivity index (χ2n) is 7.39. The molecule has 1 amide bonds. The molecule has 1 aliphatic heterocycles. The molecule has 30 heavy (non-hydrogen) atoms. The molecule has 150 valence electrons. The molecular formula is C22H20N6O2. The van der Waals surface area contributed by atoms with Gasteiger partial charge >= 0.3 is 6.01 Å². The highest BCUT2D eigenvalue weighted by molar-refractivity contribution is 5.94. The van der Waals surface area contributed by atoms with Crippen LogP contribution in [0.1, 0.15) is 10.5 Å². The van der Waals surface area contributed by atoms with Gasteiger partial charge in [-0.1, -0.05) is 12.1 Å². The summed E-state index contributed by atoms with van der Waals surface area (Å²) in [5.41, 5.74) is 5.08. The maximum Gasteiger partial charge on any atom is 0.322 e. The van der Waals surface area contributed by atoms with Crippen LogP contribution in [0.3, 0.4) is 0 Å². The van der Waals surface area contributed by atoms with Crippen LogP contribution in [0.2, 0.25) is 0 Å². The first-order valence-corrected chi connectivity index (χ1v) is 9.73. The predicted octanol–water partition coefficient (Wildman–Crippen LogP) is 3.16. The number of amides is 1. The molecule has 0 bridgehead atoms. The highest BCUT2D eigenvalue weighted by Crippen LogP contribution is 2.28. The first kappa shape index (κ1) is 18.4. The van der Waals surface area contributed by atoms with Crippen molar-refractivity contribution >= 4 is 40.8 Å². The lowest BCUT2D eigenvalue weighted by Gasteiger charge is -2.32. The van der Waals surface area contributed by atoms with Crippen LogP contribution in [0.15, 0.2) is 52.0 Å². The summed E-state index contributed by atoms with van der Waals surface area (Å²) >= 11 is 0. The number of oxazole rings is 1. The van der Waals surface area contributed by atoms with Gasteiger partial charge in [0.15, 0.2) is 5.58 Å². The third kappa shape index (κ3) is 3.31. The number of piperazine rings is 1. The summed E-state index contributed by atoms with van der Waals surface area (Å²) in [5.74, 6) is -0.0728. The second kappa shape index (κ2) is 7.31. The van der Waals surface area contributed by atoms with E-state index in [-0.39, 0.29) is 11.9 Å². The van der Waals surface area contributed by atoms with Gasteiger partial charge in [0.2, 0.25) is 0 Å². The largest absolute Gasteiger partial charge is 0.422 e. The van der Waals surface area contributed by atoms with Crippen LogP contribution >= 0.6 is 0 Å². The summed E-state index contributed by atoms with van der Waals surface area (Å²) in [6, 6.07) is 11.8. The van der Waals surface area contributed by atoms with Crippen molar-refractivity contribution in [3.05, 3.63) is 48.3 Å². The Balaban J connectivity index is 1.49. The average molecular weight is 400 g/mol. The number of fused-ring (bicyclic) bond motifs is 2. The minimum absolute atomic E-state index is 0.0728. The van der Waals surface area contributed by atoms with Crippen LogP contribution < -0.4 is 0 Å². The number of aromatic nitrogens is 3. The Kier molecular flexibility index (Phi) is 4.48. The van der Waals surface area contributed by atoms with E-state index in [2.05, 4.69) is 38.6 Å². The summed E-state index contributed by atoms with van der Waals surface area (Å²) in [7, 11) is 2.06. The highest BCUT2D eigenvalue weighted by atomic mass is 16.4. The number of hydrogen-bond donors (Lipinski definition) is 0. The summed E-state index contributed by atoms with van der Waals surface area (Å²) in [6.07, 6.45) is 1.56. The molecule has 3 heterocycles. The number of nitrogens with zero attached hydrogens (tertiary/aromatic N) is 6. The molecule has 0 saturated carbocycles. The van der Waals surface area contributed by atoms with Gasteiger partial charge in [0.25, 0.3) is 5.91 Å². The second-order valence-corrected chi connectivity index (χ2v) is 7.39. The Morgan fingerprint density at radius 1 is 1.00 bits per heavy atom. The van der Waals surface area contributed by atoms with Crippen molar-refractivity contribution in [1.82, 2.24) is 24.8 Å². The molecule has 4 aromatic rings. The van der Waals surface area contributed by atoms with E-state index in [0.29, 0.717) is 35.4 Å². The number of rotatable bonds is 3. The molecule has 8 heteroatoms. The van der Waals surface area contributed by atoms with Gasteiger partial charge in [-0.25, -0.2) is 9.98 Å². The van der Waals surface area contributed by atoms with E-state index in [0.717, 1.165) is 29.7 Å². The Bertz CT molecular complexity index is 1270. The van der Waals surface area contributed by atoms with E-state index in [9.17, 15) is 4.79 Å². The van der Waals surface area contributed by atoms with E-state index in [1.54, 1.807) is 6.20 Å². The first-order chi connectivity index (χ1) is 14.6. The molecule has 0 aliphatic carbocycles. The fraction of sp³-hybridized carbons (Fsp3) is 0.227. The van der Waals surface area contributed by atoms with Crippen LogP contribution in [0.5, 0.6) is 0 Å². The smallest absolute Gasteiger partial charge is 0.322 e. The molecule has 0 spiro atoms. The zero-order chi connectivity index (χ0) is 20.7. The lowest BCUT2D eigenvalue weighted by molar-refractivity contribution is 0.0658. The molecule has 1 saturated heterocycles. The number of hydrogen-bond acceptors (Lipinski definition) is 7. The summed E-state index contributed by atoms with van der Waals surface area (Å²) in [4.78, 5) is 34.0. The number of likely N-dealkylation sites (N-methyl/N-ethyl adjacent to an activating group) is 1. The molecule has 2 aromatic carbocycles. The van der Waals surface area contributed by atoms with E-state index < -0.39 is 0 Å². The quantitative estimate of drug-likeness (QED) is 0.491. The lowest BCUT2D eigenvalue weighted by atomic mass is 10.0. The van der Waals surface area contributed by atoms with Crippen molar-refractivity contribution in [2.45, 2.75) is 0 Å². The molecule has 0 unspecified atom stereocenters. The van der Waals surface area contributed by atoms with Crippen molar-refractivity contribution < 1.29 is 9.21 Å². The van der Waals surface area contributed by atoms with E-state index in [1.165, 1.54) is 0 Å². The molecule has 0 radical (unpaired) electrons. The third-order valence-electron chi connectivity index (χ3n) is 5.40. The van der Waals surface area contributed by atoms with Crippen LogP contribution in [-0.4, -0.2) is 70.6 Å². The summed E-state index contributed by atoms with van der Waals surface area (Å²) < 4.78 is 5.48. The minimum Gasteiger partial charge on any atom is -0.422 e. The van der Waals surface area contributed by atoms with Gasteiger partial charge in [0.05, 0.1) is 17.2 Å². The zero-order valence-corrected chi connectivity index (χ0v) is 16.6. The maximum absolute atomic E-state index is 12.9. The monoisotopic (exact) mass is 400 g/mol. The van der Waals surface area contributed by atoms with Gasteiger partial charge in [-0.2, -0.15) is 4.98 Å². The molecule has 1 fully saturated rings. The van der Waals surface area contributed by atoms with Gasteiger partial charge in [-0.05, 0) is 49.2 Å². The van der Waals surface area contributed by atoms with Gasteiger partial charge in [0, 0.05) is 26.2 Å². The number of aliphatic imine (C=N–C) groups is 1. The first-order valence-electron chi connectivity index (χ1n) is 9.73. The van der Waals surface area contributed by atoms with Crippen LogP contribution in [0.4, 0.5) is 6.01 Å². The Labute approximate surface area is 172 Å². The zero-order valence-electron chi connectivity index (χ0n) is 16.6. The van der Waals surface area contributed by atoms with E-state index >= 15 is 0 Å². The normalized spacial score (nSPS) is 15.0. The average Bonchev–Trinajstić information content (AvgIpc) is 3.21. The van der Waals surface area contributed by atoms with Crippen molar-refractivity contribution in [2.24, 2.45) is 4.99 Å². The van der Waals surface area contributed by atoms with E-state index in [4.69, 9.17) is 4.42 Å². The van der Waals surface area contributed by atoms with E-state index in [1.807, 2.05) is 41.3 Å². The standard InChI is InChI=1S/C22H20N6O2/c1-23-22-26-18-12-15(4-6-20(18)30-22)14-3-5-16-17(11-14)25-19(13-24-16)21(29)28-9-7-27(2)8-10-28/h3-6,11-13H,1,7-10H2,2H3. The van der Waals surface area contributed by atoms with Crippen molar-refractivity contribution in [2.75, 3.05) is 33.2 Å². The number of benzene rings is 2. The molecule has 1 aliphatic rings. The van der Waals surface area contributed by atoms with Gasteiger partial charge < -0.3 is 14.2 Å². The van der Waals surface area contributed by atoms with Crippen molar-refractivity contribution in [3.8, 4) is 11.1 Å². The molecule has 0 atom stereocenters. The lowest BCUT2D eigenvalue weighted by Crippen LogP contribution is -2.47. The Morgan fingerprint density at radius 2 is 1.73 bits per heavy atom. The van der Waals surface area contributed by atoms with Crippen LogP contribution in [0.25, 0.3) is 33.3 Å². The van der Waals surface area contributed by atoms with Gasteiger partial charge in [0.1, 0.15) is 11.2 Å². The Hall–Kier alpha value is -3.65. The maximum atomic E-state index is 12.9. The predicted molar refractivity (Wildman–Crippen MR) is 115 cm³/mol. The molecule has 2 aromatic heterocycles. The molecular weight excluding hydrogens is 380 g/mol. The third-order valence-corrected chi connectivity index (χ3v) is 5.40. The van der Waals surface area contributed by atoms with Crippen LogP contribution in [-0.2, 0) is 0 Å². The molecule has 8 nitrogen and oxygen atoms in total. The highest BCUT2D eigenvalue weighted by Gasteiger charge is 2.22. The number of carbonyl (C=O) groups is 1. The fourth-order valence-corrected chi connectivity index (χ4v) is 3.63. The van der Waals surface area contributed by atoms with Gasteiger partial charge in [-0.15, -0.1) is 0 Å². The number of carbonyl (C=O) groups excluding carboxylic acids is 1. The van der Waals surface area contributed by atoms with Crippen molar-refractivity contribution in [3.63, 3.8) is 0 Å². The SMILES string of the molecule is C=Nc1nc2cc(-c3ccc4ncc(C(=O)N5CCN(C)CC5)nc4c3)ccc2o1. The minimum atomic E-state index is -0.0728. The molecule has 0 N–H and O–H groups in total. The summed E-state index contributed by atoms with van der Waals surface area (Å²) in [5, 5.41) is 0. The molecule has 5 rings (SSSR count). The topological polar surface area (TPSA) is 87.7 Å². The van der Waals surface area contributed by atoms with Gasteiger partial charge in [-0.3, -0.25) is 9.78 Å². The Morgan fingerprint density at radius 3 is 2.50 bits per heavy atom. The summed E-state index contributed by atoms with van der Waals surface area (Å²) in [6.45, 7) is 6.58. The fourth-order valence-electron chi connectivity index (χ4n) is 3.63. The van der Waals surface area contributed by atoms with Crippen molar-refractivity contribution in [1.29, 1.82) is 0 Å². The van der Waals surface area contributed by atoms with Crippen LogP contribution in [0, 0.1) is 0 Å².